The zero-order valence-corrected chi connectivity index (χ0v) is 10.1. The molecule has 0 spiro atoms. The van der Waals surface area contributed by atoms with Crippen molar-refractivity contribution in [1.29, 1.82) is 0 Å². The maximum Gasteiger partial charge on any atom is 0.316 e. The molecule has 2 aromatic rings. The van der Waals surface area contributed by atoms with Crippen LogP contribution < -0.4 is 4.74 Å². The molecule has 0 amide bonds. The van der Waals surface area contributed by atoms with Crippen LogP contribution in [0.3, 0.4) is 0 Å². The predicted octanol–water partition coefficient (Wildman–Crippen LogP) is 2.58. The molecule has 0 fully saturated rings. The number of hydrogen-bond acceptors (Lipinski definition) is 4. The topological polar surface area (TPSA) is 52.1 Å². The van der Waals surface area contributed by atoms with E-state index in [0.29, 0.717) is 11.3 Å². The fourth-order valence-corrected chi connectivity index (χ4v) is 1.30. The Kier molecular flexibility index (Phi) is 2.79. The molecule has 0 aromatic carbocycles. The molecular weight excluding hydrogens is 216 g/mol. The number of ether oxygens (including phenoxy) is 1. The number of hydrogen-bond donors (Lipinski definition) is 0. The normalized spacial score (nSPS) is 11.5. The SMILES string of the molecule is CC(C)(C)C(=O)Oc1cncc2cccnc12. The molecule has 4 nitrogen and oxygen atoms in total. The summed E-state index contributed by atoms with van der Waals surface area (Å²) in [5, 5.41) is 0.853. The van der Waals surface area contributed by atoms with Gasteiger partial charge in [-0.1, -0.05) is 0 Å². The molecule has 0 unspecified atom stereocenters. The minimum absolute atomic E-state index is 0.294. The maximum absolute atomic E-state index is 11.8. The van der Waals surface area contributed by atoms with Gasteiger partial charge in [0.25, 0.3) is 0 Å². The van der Waals surface area contributed by atoms with Crippen molar-refractivity contribution in [1.82, 2.24) is 9.97 Å². The summed E-state index contributed by atoms with van der Waals surface area (Å²) in [6, 6.07) is 3.70. The molecule has 0 aliphatic rings. The molecule has 17 heavy (non-hydrogen) atoms. The smallest absolute Gasteiger partial charge is 0.316 e. The Hall–Kier alpha value is -1.97. The monoisotopic (exact) mass is 230 g/mol. The van der Waals surface area contributed by atoms with Crippen LogP contribution in [0.5, 0.6) is 5.75 Å². The zero-order chi connectivity index (χ0) is 12.5. The zero-order valence-electron chi connectivity index (χ0n) is 10.1. The second-order valence-corrected chi connectivity index (χ2v) is 4.85. The van der Waals surface area contributed by atoms with Crippen molar-refractivity contribution < 1.29 is 9.53 Å². The van der Waals surface area contributed by atoms with Gasteiger partial charge >= 0.3 is 5.97 Å². The van der Waals surface area contributed by atoms with Crippen molar-refractivity contribution in [3.63, 3.8) is 0 Å². The van der Waals surface area contributed by atoms with Crippen LogP contribution in [0, 0.1) is 5.41 Å². The minimum atomic E-state index is -0.545. The van der Waals surface area contributed by atoms with E-state index in [-0.39, 0.29) is 5.97 Å². The van der Waals surface area contributed by atoms with E-state index in [1.165, 1.54) is 6.20 Å². The largest absolute Gasteiger partial charge is 0.422 e. The molecule has 2 aromatic heterocycles. The average Bonchev–Trinajstić information content (AvgIpc) is 2.28. The summed E-state index contributed by atoms with van der Waals surface area (Å²) >= 11 is 0. The van der Waals surface area contributed by atoms with Crippen LogP contribution in [0.1, 0.15) is 20.8 Å². The van der Waals surface area contributed by atoms with Crippen molar-refractivity contribution in [3.8, 4) is 5.75 Å². The van der Waals surface area contributed by atoms with Gasteiger partial charge in [-0.15, -0.1) is 0 Å². The Balaban J connectivity index is 2.40. The summed E-state index contributed by atoms with van der Waals surface area (Å²) in [6.07, 6.45) is 4.87. The summed E-state index contributed by atoms with van der Waals surface area (Å²) in [4.78, 5) is 20.0. The Labute approximate surface area is 99.7 Å². The molecule has 88 valence electrons. The number of rotatable bonds is 1. The first-order chi connectivity index (χ1) is 7.98. The standard InChI is InChI=1S/C13H14N2O2/c1-13(2,3)12(16)17-10-8-14-7-9-5-4-6-15-11(9)10/h4-8H,1-3H3. The molecule has 0 saturated carbocycles. The highest BCUT2D eigenvalue weighted by atomic mass is 16.5. The third-order valence-corrected chi connectivity index (χ3v) is 2.29. The highest BCUT2D eigenvalue weighted by Crippen LogP contribution is 2.24. The Morgan fingerprint density at radius 2 is 2.06 bits per heavy atom. The number of esters is 1. The highest BCUT2D eigenvalue weighted by Gasteiger charge is 2.24. The second-order valence-electron chi connectivity index (χ2n) is 4.85. The molecule has 0 aliphatic carbocycles. The summed E-state index contributed by atoms with van der Waals surface area (Å²) in [6.45, 7) is 5.42. The lowest BCUT2D eigenvalue weighted by Crippen LogP contribution is -2.25. The molecule has 0 saturated heterocycles. The van der Waals surface area contributed by atoms with E-state index in [0.717, 1.165) is 5.39 Å². The summed E-state index contributed by atoms with van der Waals surface area (Å²) in [5.74, 6) is 0.112. The van der Waals surface area contributed by atoms with Crippen LogP contribution in [-0.2, 0) is 4.79 Å². The van der Waals surface area contributed by atoms with E-state index in [4.69, 9.17) is 4.74 Å². The molecule has 2 rings (SSSR count). The molecule has 2 heterocycles. The third-order valence-electron chi connectivity index (χ3n) is 2.29. The summed E-state index contributed by atoms with van der Waals surface area (Å²) in [5.41, 5.74) is 0.108. The maximum atomic E-state index is 11.8. The van der Waals surface area contributed by atoms with Gasteiger partial charge in [-0.2, -0.15) is 0 Å². The first kappa shape index (κ1) is 11.5. The quantitative estimate of drug-likeness (QED) is 0.706. The van der Waals surface area contributed by atoms with E-state index in [1.807, 2.05) is 12.1 Å². The number of fused-ring (bicyclic) bond motifs is 1. The molecule has 0 aliphatic heterocycles. The summed E-state index contributed by atoms with van der Waals surface area (Å²) in [7, 11) is 0. The van der Waals surface area contributed by atoms with Crippen LogP contribution in [0.25, 0.3) is 10.9 Å². The van der Waals surface area contributed by atoms with Crippen LogP contribution in [0.15, 0.2) is 30.7 Å². The number of aromatic nitrogens is 2. The van der Waals surface area contributed by atoms with Crippen LogP contribution in [0.4, 0.5) is 0 Å². The molecule has 0 bridgehead atoms. The van der Waals surface area contributed by atoms with E-state index >= 15 is 0 Å². The van der Waals surface area contributed by atoms with Crippen LogP contribution >= 0.6 is 0 Å². The van der Waals surface area contributed by atoms with Crippen molar-refractivity contribution in [2.45, 2.75) is 20.8 Å². The number of nitrogens with zero attached hydrogens (tertiary/aromatic N) is 2. The van der Waals surface area contributed by atoms with Crippen molar-refractivity contribution in [3.05, 3.63) is 30.7 Å². The lowest BCUT2D eigenvalue weighted by molar-refractivity contribution is -0.142. The van der Waals surface area contributed by atoms with Crippen molar-refractivity contribution in [2.24, 2.45) is 5.41 Å². The van der Waals surface area contributed by atoms with E-state index in [9.17, 15) is 4.79 Å². The predicted molar refractivity (Wildman–Crippen MR) is 64.6 cm³/mol. The second kappa shape index (κ2) is 4.13. The van der Waals surface area contributed by atoms with Gasteiger partial charge in [0.05, 0.1) is 11.6 Å². The van der Waals surface area contributed by atoms with E-state index < -0.39 is 5.41 Å². The van der Waals surface area contributed by atoms with Gasteiger partial charge in [0.15, 0.2) is 5.75 Å². The average molecular weight is 230 g/mol. The van der Waals surface area contributed by atoms with Gasteiger partial charge in [-0.25, -0.2) is 0 Å². The lowest BCUT2D eigenvalue weighted by Gasteiger charge is -2.16. The van der Waals surface area contributed by atoms with Crippen LogP contribution in [0.2, 0.25) is 0 Å². The third kappa shape index (κ3) is 2.41. The number of pyridine rings is 2. The van der Waals surface area contributed by atoms with Gasteiger partial charge in [0, 0.05) is 17.8 Å². The highest BCUT2D eigenvalue weighted by molar-refractivity contribution is 5.87. The van der Waals surface area contributed by atoms with Gasteiger partial charge < -0.3 is 4.74 Å². The number of carbonyl (C=O) groups excluding carboxylic acids is 1. The van der Waals surface area contributed by atoms with Gasteiger partial charge in [0.2, 0.25) is 0 Å². The van der Waals surface area contributed by atoms with Gasteiger partial charge in [-0.05, 0) is 32.9 Å². The molecule has 4 heteroatoms. The van der Waals surface area contributed by atoms with Crippen LogP contribution in [-0.4, -0.2) is 15.9 Å². The minimum Gasteiger partial charge on any atom is -0.422 e. The number of carbonyl (C=O) groups is 1. The fraction of sp³-hybridized carbons (Fsp3) is 0.308. The fourth-order valence-electron chi connectivity index (χ4n) is 1.30. The van der Waals surface area contributed by atoms with Gasteiger partial charge in [0.1, 0.15) is 5.52 Å². The Bertz CT molecular complexity index is 553. The van der Waals surface area contributed by atoms with E-state index in [2.05, 4.69) is 9.97 Å². The summed E-state index contributed by atoms with van der Waals surface area (Å²) < 4.78 is 5.33. The first-order valence-electron chi connectivity index (χ1n) is 5.39. The lowest BCUT2D eigenvalue weighted by atomic mass is 9.97. The van der Waals surface area contributed by atoms with Crippen molar-refractivity contribution >= 4 is 16.9 Å². The van der Waals surface area contributed by atoms with Crippen molar-refractivity contribution in [2.75, 3.05) is 0 Å². The molecule has 0 atom stereocenters. The van der Waals surface area contributed by atoms with E-state index in [1.54, 1.807) is 33.2 Å². The first-order valence-corrected chi connectivity index (χ1v) is 5.39. The Morgan fingerprint density at radius 1 is 1.29 bits per heavy atom. The molecular formula is C13H14N2O2. The Morgan fingerprint density at radius 3 is 2.76 bits per heavy atom. The molecule has 0 radical (unpaired) electrons. The van der Waals surface area contributed by atoms with Gasteiger partial charge in [-0.3, -0.25) is 14.8 Å². The molecule has 0 N–H and O–H groups in total.